The fraction of sp³-hybridized carbons (Fsp3) is 0.286. The van der Waals surface area contributed by atoms with Gasteiger partial charge in [-0.2, -0.15) is 0 Å². The molecule has 0 aliphatic heterocycles. The third kappa shape index (κ3) is 7.92. The first-order valence-corrected chi connectivity index (χ1v) is 12.8. The van der Waals surface area contributed by atoms with Gasteiger partial charge >= 0.3 is 0 Å². The monoisotopic (exact) mass is 496 g/mol. The lowest BCUT2D eigenvalue weighted by Crippen LogP contribution is -2.51. The van der Waals surface area contributed by atoms with Crippen LogP contribution in [0, 0.1) is 11.6 Å². The van der Waals surface area contributed by atoms with Gasteiger partial charge in [-0.05, 0) is 29.7 Å². The number of nitrogens with one attached hydrogen (secondary N) is 1. The Balaban J connectivity index is 1.85. The first kappa shape index (κ1) is 26.4. The molecule has 2 amide bonds. The fourth-order valence-electron chi connectivity index (χ4n) is 3.68. The SMILES string of the molecule is CCCNC(=O)[C@H](Cc1ccccc1)N(Cc1ccccc1F)C(=O)CSCc1ccccc1F. The van der Waals surface area contributed by atoms with Crippen molar-refractivity contribution in [2.75, 3.05) is 12.3 Å². The summed E-state index contributed by atoms with van der Waals surface area (Å²) >= 11 is 1.27. The maximum atomic E-state index is 14.5. The summed E-state index contributed by atoms with van der Waals surface area (Å²) in [6.45, 7) is 2.39. The van der Waals surface area contributed by atoms with Gasteiger partial charge in [0.1, 0.15) is 17.7 Å². The summed E-state index contributed by atoms with van der Waals surface area (Å²) < 4.78 is 28.5. The summed E-state index contributed by atoms with van der Waals surface area (Å²) in [6.07, 6.45) is 1.05. The summed E-state index contributed by atoms with van der Waals surface area (Å²) in [5.41, 5.74) is 1.74. The van der Waals surface area contributed by atoms with Crippen molar-refractivity contribution in [3.05, 3.63) is 107 Å². The zero-order valence-electron chi connectivity index (χ0n) is 19.8. The molecule has 3 rings (SSSR count). The van der Waals surface area contributed by atoms with E-state index in [-0.39, 0.29) is 29.9 Å². The van der Waals surface area contributed by atoms with Crippen molar-refractivity contribution in [1.82, 2.24) is 10.2 Å². The molecule has 184 valence electrons. The lowest BCUT2D eigenvalue weighted by Gasteiger charge is -2.31. The van der Waals surface area contributed by atoms with E-state index in [1.807, 2.05) is 37.3 Å². The summed E-state index contributed by atoms with van der Waals surface area (Å²) in [5.74, 6) is -0.984. The molecule has 0 heterocycles. The zero-order valence-corrected chi connectivity index (χ0v) is 20.6. The third-order valence-electron chi connectivity index (χ3n) is 5.56. The number of amides is 2. The van der Waals surface area contributed by atoms with Crippen LogP contribution in [0.15, 0.2) is 78.9 Å². The van der Waals surface area contributed by atoms with Crippen LogP contribution < -0.4 is 5.32 Å². The first-order valence-electron chi connectivity index (χ1n) is 11.6. The van der Waals surface area contributed by atoms with Crippen molar-refractivity contribution in [2.45, 2.75) is 38.1 Å². The molecular weight excluding hydrogens is 466 g/mol. The van der Waals surface area contributed by atoms with Crippen molar-refractivity contribution >= 4 is 23.6 Å². The van der Waals surface area contributed by atoms with Crippen LogP contribution in [-0.4, -0.2) is 35.1 Å². The van der Waals surface area contributed by atoms with E-state index in [1.54, 1.807) is 36.4 Å². The van der Waals surface area contributed by atoms with Crippen molar-refractivity contribution in [3.63, 3.8) is 0 Å². The van der Waals surface area contributed by atoms with Crippen molar-refractivity contribution in [3.8, 4) is 0 Å². The molecule has 0 aromatic heterocycles. The zero-order chi connectivity index (χ0) is 25.0. The average molecular weight is 497 g/mol. The van der Waals surface area contributed by atoms with Gasteiger partial charge in [0.2, 0.25) is 11.8 Å². The highest BCUT2D eigenvalue weighted by atomic mass is 32.2. The average Bonchev–Trinajstić information content (AvgIpc) is 2.87. The van der Waals surface area contributed by atoms with Crippen LogP contribution >= 0.6 is 11.8 Å². The van der Waals surface area contributed by atoms with Gasteiger partial charge in [-0.3, -0.25) is 9.59 Å². The van der Waals surface area contributed by atoms with Crippen molar-refractivity contribution < 1.29 is 18.4 Å². The van der Waals surface area contributed by atoms with E-state index in [2.05, 4.69) is 5.32 Å². The Morgan fingerprint density at radius 1 is 0.886 bits per heavy atom. The molecule has 0 bridgehead atoms. The molecular formula is C28H30F2N2O2S. The van der Waals surface area contributed by atoms with Gasteiger partial charge in [0, 0.05) is 30.8 Å². The molecule has 7 heteroatoms. The minimum Gasteiger partial charge on any atom is -0.354 e. The molecule has 0 fully saturated rings. The molecule has 1 atom stereocenters. The Morgan fingerprint density at radius 3 is 2.11 bits per heavy atom. The van der Waals surface area contributed by atoms with Gasteiger partial charge in [0.25, 0.3) is 0 Å². The van der Waals surface area contributed by atoms with Crippen LogP contribution in [0.4, 0.5) is 8.78 Å². The number of thioether (sulfide) groups is 1. The molecule has 1 N–H and O–H groups in total. The van der Waals surface area contributed by atoms with Crippen molar-refractivity contribution in [2.24, 2.45) is 0 Å². The van der Waals surface area contributed by atoms with Crippen LogP contribution in [0.2, 0.25) is 0 Å². The van der Waals surface area contributed by atoms with Gasteiger partial charge in [0.05, 0.1) is 5.75 Å². The second-order valence-corrected chi connectivity index (χ2v) is 9.18. The Kier molecular flexibility index (Phi) is 10.3. The summed E-state index contributed by atoms with van der Waals surface area (Å²) in [5, 5.41) is 2.89. The predicted molar refractivity (Wildman–Crippen MR) is 137 cm³/mol. The minimum absolute atomic E-state index is 0.0368. The van der Waals surface area contributed by atoms with Gasteiger partial charge in [0.15, 0.2) is 0 Å². The molecule has 0 radical (unpaired) electrons. The number of benzene rings is 3. The number of halogens is 2. The molecule has 3 aromatic rings. The van der Waals surface area contributed by atoms with E-state index < -0.39 is 11.9 Å². The van der Waals surface area contributed by atoms with Gasteiger partial charge in [-0.1, -0.05) is 73.7 Å². The molecule has 0 aliphatic rings. The number of nitrogens with zero attached hydrogens (tertiary/aromatic N) is 1. The Hall–Kier alpha value is -3.19. The molecule has 3 aromatic carbocycles. The molecule has 0 saturated heterocycles. The summed E-state index contributed by atoms with van der Waals surface area (Å²) in [6, 6.07) is 21.3. The number of carbonyl (C=O) groups is 2. The van der Waals surface area contributed by atoms with Crippen LogP contribution in [-0.2, 0) is 28.3 Å². The Bertz CT molecular complexity index is 1110. The number of hydrogen-bond acceptors (Lipinski definition) is 3. The van der Waals surface area contributed by atoms with E-state index in [4.69, 9.17) is 0 Å². The standard InChI is InChI=1S/C28H30F2N2O2S/c1-2-16-31-28(34)26(17-21-10-4-3-5-11-21)32(18-22-12-6-8-14-24(22)29)27(33)20-35-19-23-13-7-9-15-25(23)30/h3-15,26H,2,16-20H2,1H3,(H,31,34)/t26-/m0/s1. The number of carbonyl (C=O) groups excluding carboxylic acids is 2. The van der Waals surface area contributed by atoms with Crippen molar-refractivity contribution in [1.29, 1.82) is 0 Å². The molecule has 0 spiro atoms. The van der Waals surface area contributed by atoms with Gasteiger partial charge in [-0.25, -0.2) is 8.78 Å². The van der Waals surface area contributed by atoms with E-state index in [0.717, 1.165) is 12.0 Å². The largest absolute Gasteiger partial charge is 0.354 e. The quantitative estimate of drug-likeness (QED) is 0.367. The molecule has 0 saturated carbocycles. The fourth-order valence-corrected chi connectivity index (χ4v) is 4.57. The Morgan fingerprint density at radius 2 is 1.49 bits per heavy atom. The van der Waals surface area contributed by atoms with Crippen LogP contribution in [0.25, 0.3) is 0 Å². The van der Waals surface area contributed by atoms with E-state index in [9.17, 15) is 18.4 Å². The van der Waals surface area contributed by atoms with Crippen LogP contribution in [0.1, 0.15) is 30.0 Å². The highest BCUT2D eigenvalue weighted by Gasteiger charge is 2.30. The van der Waals surface area contributed by atoms with Gasteiger partial charge in [-0.15, -0.1) is 11.8 Å². The second-order valence-electron chi connectivity index (χ2n) is 8.19. The lowest BCUT2D eigenvalue weighted by atomic mass is 10.0. The molecule has 35 heavy (non-hydrogen) atoms. The maximum Gasteiger partial charge on any atom is 0.243 e. The summed E-state index contributed by atoms with van der Waals surface area (Å²) in [4.78, 5) is 28.1. The third-order valence-corrected chi connectivity index (χ3v) is 6.53. The molecule has 0 unspecified atom stereocenters. The highest BCUT2D eigenvalue weighted by molar-refractivity contribution is 7.99. The normalized spacial score (nSPS) is 11.6. The van der Waals surface area contributed by atoms with Crippen LogP contribution in [0.3, 0.4) is 0 Å². The van der Waals surface area contributed by atoms with Gasteiger partial charge < -0.3 is 10.2 Å². The maximum absolute atomic E-state index is 14.5. The topological polar surface area (TPSA) is 49.4 Å². The van der Waals surface area contributed by atoms with E-state index in [0.29, 0.717) is 29.8 Å². The van der Waals surface area contributed by atoms with Crippen LogP contribution in [0.5, 0.6) is 0 Å². The smallest absolute Gasteiger partial charge is 0.243 e. The molecule has 4 nitrogen and oxygen atoms in total. The lowest BCUT2D eigenvalue weighted by molar-refractivity contribution is -0.139. The highest BCUT2D eigenvalue weighted by Crippen LogP contribution is 2.20. The molecule has 0 aliphatic carbocycles. The Labute approximate surface area is 209 Å². The van der Waals surface area contributed by atoms with E-state index in [1.165, 1.54) is 28.8 Å². The number of hydrogen-bond donors (Lipinski definition) is 1. The first-order chi connectivity index (χ1) is 17.0. The summed E-state index contributed by atoms with van der Waals surface area (Å²) in [7, 11) is 0. The minimum atomic E-state index is -0.815. The number of rotatable bonds is 12. The van der Waals surface area contributed by atoms with E-state index >= 15 is 0 Å². The predicted octanol–water partition coefficient (Wildman–Crippen LogP) is 5.36. The second kappa shape index (κ2) is 13.6.